The van der Waals surface area contributed by atoms with E-state index in [1.165, 1.54) is 23.8 Å². The van der Waals surface area contributed by atoms with Crippen molar-refractivity contribution >= 4 is 51.4 Å². The summed E-state index contributed by atoms with van der Waals surface area (Å²) in [6, 6.07) is 23.6. The van der Waals surface area contributed by atoms with Crippen molar-refractivity contribution in [3.63, 3.8) is 0 Å². The van der Waals surface area contributed by atoms with Gasteiger partial charge in [-0.1, -0.05) is 54.6 Å². The van der Waals surface area contributed by atoms with Crippen LogP contribution in [-0.4, -0.2) is 28.2 Å². The number of nitrogens with zero attached hydrogens (tertiary/aromatic N) is 3. The molecule has 0 N–H and O–H groups in total. The van der Waals surface area contributed by atoms with Crippen LogP contribution in [0.25, 0.3) is 6.08 Å². The Kier molecular flexibility index (Phi) is 8.01. The van der Waals surface area contributed by atoms with Gasteiger partial charge in [-0.2, -0.15) is 0 Å². The Labute approximate surface area is 207 Å². The molecule has 0 unspecified atom stereocenters. The molecule has 5 nitrogen and oxygen atoms in total. The molecule has 0 aliphatic carbocycles. The molecule has 0 atom stereocenters. The fourth-order valence-corrected chi connectivity index (χ4v) is 5.06. The standard InChI is InChI=1S/C27H25N3O2S2/c1-21(31)30(24-11-6-3-7-12-24)27-28-23(20-34-27)14-15-26(32)29(19-25-13-8-18-33-25)17-16-22-9-4-2-5-10-22/h2-15,18,20H,16-17,19H2,1H3/b15-14+. The number of carbonyl (C=O) groups excluding carboxylic acids is 2. The van der Waals surface area contributed by atoms with Crippen LogP contribution in [-0.2, 0) is 22.6 Å². The average Bonchev–Trinajstić information content (AvgIpc) is 3.54. The second-order valence-corrected chi connectivity index (χ2v) is 9.52. The molecule has 2 aromatic carbocycles. The van der Waals surface area contributed by atoms with Crippen LogP contribution in [0, 0.1) is 0 Å². The van der Waals surface area contributed by atoms with Gasteiger partial charge in [-0.05, 0) is 41.6 Å². The molecule has 172 valence electrons. The Morgan fingerprint density at radius 1 is 0.941 bits per heavy atom. The van der Waals surface area contributed by atoms with Crippen molar-refractivity contribution in [2.45, 2.75) is 19.9 Å². The molecule has 4 rings (SSSR count). The molecule has 0 bridgehead atoms. The molecule has 0 radical (unpaired) electrons. The van der Waals surface area contributed by atoms with Gasteiger partial charge in [-0.25, -0.2) is 4.98 Å². The Morgan fingerprint density at radius 3 is 2.35 bits per heavy atom. The van der Waals surface area contributed by atoms with Crippen LogP contribution in [0.15, 0.2) is 89.6 Å². The van der Waals surface area contributed by atoms with Crippen LogP contribution in [0.3, 0.4) is 0 Å². The maximum atomic E-state index is 13.1. The highest BCUT2D eigenvalue weighted by atomic mass is 32.1. The second kappa shape index (κ2) is 11.5. The van der Waals surface area contributed by atoms with Gasteiger partial charge in [0.15, 0.2) is 5.13 Å². The SMILES string of the molecule is CC(=O)N(c1ccccc1)c1nc(/C=C/C(=O)N(CCc2ccccc2)Cc2cccs2)cs1. The van der Waals surface area contributed by atoms with Gasteiger partial charge in [0.05, 0.1) is 17.9 Å². The highest BCUT2D eigenvalue weighted by molar-refractivity contribution is 7.14. The predicted octanol–water partition coefficient (Wildman–Crippen LogP) is 6.17. The number of hydrogen-bond acceptors (Lipinski definition) is 5. The number of anilines is 2. The monoisotopic (exact) mass is 487 g/mol. The first-order chi connectivity index (χ1) is 16.6. The molecule has 0 fully saturated rings. The van der Waals surface area contributed by atoms with Crippen LogP contribution in [0.5, 0.6) is 0 Å². The van der Waals surface area contributed by atoms with Gasteiger partial charge in [0.25, 0.3) is 0 Å². The summed E-state index contributed by atoms with van der Waals surface area (Å²) >= 11 is 3.02. The number of rotatable bonds is 9. The van der Waals surface area contributed by atoms with Crippen molar-refractivity contribution in [2.24, 2.45) is 0 Å². The third-order valence-electron chi connectivity index (χ3n) is 5.18. The number of benzene rings is 2. The van der Waals surface area contributed by atoms with Gasteiger partial charge < -0.3 is 4.90 Å². The Bertz CT molecular complexity index is 1240. The number of thiophene rings is 1. The van der Waals surface area contributed by atoms with Crippen molar-refractivity contribution in [3.8, 4) is 0 Å². The van der Waals surface area contributed by atoms with Crippen LogP contribution < -0.4 is 4.90 Å². The minimum atomic E-state index is -0.116. The number of hydrogen-bond donors (Lipinski definition) is 0. The lowest BCUT2D eigenvalue weighted by molar-refractivity contribution is -0.126. The molecule has 0 saturated carbocycles. The largest absolute Gasteiger partial charge is 0.334 e. The number of amides is 2. The van der Waals surface area contributed by atoms with E-state index in [9.17, 15) is 9.59 Å². The molecular weight excluding hydrogens is 462 g/mol. The first kappa shape index (κ1) is 23.6. The fourth-order valence-electron chi connectivity index (χ4n) is 3.49. The lowest BCUT2D eigenvalue weighted by Crippen LogP contribution is -2.30. The molecule has 34 heavy (non-hydrogen) atoms. The molecule has 7 heteroatoms. The van der Waals surface area contributed by atoms with Crippen molar-refractivity contribution in [1.82, 2.24) is 9.88 Å². The molecule has 2 amide bonds. The Balaban J connectivity index is 1.47. The highest BCUT2D eigenvalue weighted by Gasteiger charge is 2.17. The lowest BCUT2D eigenvalue weighted by atomic mass is 10.1. The minimum Gasteiger partial charge on any atom is -0.334 e. The van der Waals surface area contributed by atoms with E-state index in [1.807, 2.05) is 76.3 Å². The van der Waals surface area contributed by atoms with E-state index in [0.29, 0.717) is 23.9 Å². The zero-order valence-corrected chi connectivity index (χ0v) is 20.5. The molecule has 2 heterocycles. The number of carbonyl (C=O) groups is 2. The van der Waals surface area contributed by atoms with E-state index in [-0.39, 0.29) is 11.8 Å². The summed E-state index contributed by atoms with van der Waals surface area (Å²) in [7, 11) is 0. The zero-order valence-electron chi connectivity index (χ0n) is 18.8. The summed E-state index contributed by atoms with van der Waals surface area (Å²) < 4.78 is 0. The van der Waals surface area contributed by atoms with Crippen molar-refractivity contribution in [3.05, 3.63) is 106 Å². The molecule has 0 aliphatic rings. The zero-order chi connectivity index (χ0) is 23.8. The van der Waals surface area contributed by atoms with Crippen LogP contribution in [0.2, 0.25) is 0 Å². The molecule has 0 saturated heterocycles. The molecule has 2 aromatic heterocycles. The Hall–Kier alpha value is -3.55. The number of aromatic nitrogens is 1. The lowest BCUT2D eigenvalue weighted by Gasteiger charge is -2.20. The van der Waals surface area contributed by atoms with E-state index < -0.39 is 0 Å². The van der Waals surface area contributed by atoms with Crippen LogP contribution in [0.1, 0.15) is 23.1 Å². The third-order valence-corrected chi connectivity index (χ3v) is 6.88. The summed E-state index contributed by atoms with van der Waals surface area (Å²) in [5.74, 6) is -0.180. The minimum absolute atomic E-state index is 0.0645. The van der Waals surface area contributed by atoms with Crippen molar-refractivity contribution in [1.29, 1.82) is 0 Å². The maximum Gasteiger partial charge on any atom is 0.246 e. The van der Waals surface area contributed by atoms with Crippen LogP contribution >= 0.6 is 22.7 Å². The van der Waals surface area contributed by atoms with Gasteiger partial charge >= 0.3 is 0 Å². The molecule has 4 aromatic rings. The van der Waals surface area contributed by atoms with E-state index in [0.717, 1.165) is 17.0 Å². The van der Waals surface area contributed by atoms with E-state index >= 15 is 0 Å². The van der Waals surface area contributed by atoms with Gasteiger partial charge in [0.1, 0.15) is 0 Å². The summed E-state index contributed by atoms with van der Waals surface area (Å²) in [5, 5.41) is 4.45. The topological polar surface area (TPSA) is 53.5 Å². The summed E-state index contributed by atoms with van der Waals surface area (Å²) in [4.78, 5) is 34.5. The second-order valence-electron chi connectivity index (χ2n) is 7.65. The average molecular weight is 488 g/mol. The summed E-state index contributed by atoms with van der Waals surface area (Å²) in [6.07, 6.45) is 4.07. The quantitative estimate of drug-likeness (QED) is 0.265. The van der Waals surface area contributed by atoms with Gasteiger partial charge in [-0.15, -0.1) is 22.7 Å². The summed E-state index contributed by atoms with van der Waals surface area (Å²) in [5.41, 5.74) is 2.61. The van der Waals surface area contributed by atoms with E-state index in [4.69, 9.17) is 0 Å². The first-order valence-corrected chi connectivity index (χ1v) is 12.7. The van der Waals surface area contributed by atoms with Gasteiger partial charge in [-0.3, -0.25) is 14.5 Å². The summed E-state index contributed by atoms with van der Waals surface area (Å²) in [6.45, 7) is 2.71. The fraction of sp³-hybridized carbons (Fsp3) is 0.148. The van der Waals surface area contributed by atoms with Crippen molar-refractivity contribution in [2.75, 3.05) is 11.4 Å². The first-order valence-electron chi connectivity index (χ1n) is 10.9. The number of para-hydroxylation sites is 1. The van der Waals surface area contributed by atoms with E-state index in [1.54, 1.807) is 28.4 Å². The van der Waals surface area contributed by atoms with Gasteiger partial charge in [0, 0.05) is 29.8 Å². The molecular formula is C27H25N3O2S2. The van der Waals surface area contributed by atoms with Crippen LogP contribution in [0.4, 0.5) is 10.8 Å². The van der Waals surface area contributed by atoms with E-state index in [2.05, 4.69) is 17.1 Å². The molecule has 0 spiro atoms. The Morgan fingerprint density at radius 2 is 1.68 bits per heavy atom. The molecule has 0 aliphatic heterocycles. The predicted molar refractivity (Wildman–Crippen MR) is 140 cm³/mol. The maximum absolute atomic E-state index is 13.1. The highest BCUT2D eigenvalue weighted by Crippen LogP contribution is 2.29. The third kappa shape index (κ3) is 6.27. The van der Waals surface area contributed by atoms with Crippen molar-refractivity contribution < 1.29 is 9.59 Å². The van der Waals surface area contributed by atoms with Gasteiger partial charge in [0.2, 0.25) is 11.8 Å². The smallest absolute Gasteiger partial charge is 0.246 e. The number of thiazole rings is 1. The normalized spacial score (nSPS) is 11.0.